The van der Waals surface area contributed by atoms with Crippen LogP contribution in [0.25, 0.3) is 11.1 Å². The second-order valence-corrected chi connectivity index (χ2v) is 7.04. The van der Waals surface area contributed by atoms with Gasteiger partial charge in [-0.15, -0.1) is 0 Å². The molecule has 1 heterocycles. The van der Waals surface area contributed by atoms with E-state index in [4.69, 9.17) is 0 Å². The van der Waals surface area contributed by atoms with E-state index in [0.29, 0.717) is 18.7 Å². The molecule has 1 aliphatic heterocycles. The predicted octanol–water partition coefficient (Wildman–Crippen LogP) is 3.83. The highest BCUT2D eigenvalue weighted by molar-refractivity contribution is 5.98. The average molecular weight is 352 g/mol. The van der Waals surface area contributed by atoms with Crippen LogP contribution in [0.15, 0.2) is 48.5 Å². The lowest BCUT2D eigenvalue weighted by Gasteiger charge is -2.24. The lowest BCUT2D eigenvalue weighted by Crippen LogP contribution is -2.43. The number of rotatable bonds is 4. The summed E-state index contributed by atoms with van der Waals surface area (Å²) in [5.41, 5.74) is 2.47. The van der Waals surface area contributed by atoms with Gasteiger partial charge in [-0.2, -0.15) is 0 Å². The van der Waals surface area contributed by atoms with Crippen LogP contribution in [-0.2, 0) is 9.59 Å². The number of benzene rings is 2. The molecule has 4 rings (SSSR count). The summed E-state index contributed by atoms with van der Waals surface area (Å²) >= 11 is 0. The molecule has 2 aromatic rings. The van der Waals surface area contributed by atoms with Crippen molar-refractivity contribution < 1.29 is 14.0 Å². The smallest absolute Gasteiger partial charge is 0.247 e. The summed E-state index contributed by atoms with van der Waals surface area (Å²) in [5.74, 6) is -0.152. The second-order valence-electron chi connectivity index (χ2n) is 7.04. The molecule has 2 fully saturated rings. The van der Waals surface area contributed by atoms with Crippen LogP contribution in [0.1, 0.15) is 25.7 Å². The molecule has 2 aliphatic rings. The first-order valence-corrected chi connectivity index (χ1v) is 9.09. The first kappa shape index (κ1) is 16.8. The maximum Gasteiger partial charge on any atom is 0.247 e. The summed E-state index contributed by atoms with van der Waals surface area (Å²) in [4.78, 5) is 26.8. The summed E-state index contributed by atoms with van der Waals surface area (Å²) in [7, 11) is 0. The van der Waals surface area contributed by atoms with E-state index in [1.54, 1.807) is 17.0 Å². The molecule has 0 bridgehead atoms. The van der Waals surface area contributed by atoms with Crippen molar-refractivity contribution in [3.63, 3.8) is 0 Å². The first-order chi connectivity index (χ1) is 12.6. The third-order valence-electron chi connectivity index (χ3n) is 5.07. The van der Waals surface area contributed by atoms with Crippen molar-refractivity contribution in [2.24, 2.45) is 5.92 Å². The second kappa shape index (κ2) is 6.90. The zero-order valence-corrected chi connectivity index (χ0v) is 14.5. The number of nitrogens with zero attached hydrogens (tertiary/aromatic N) is 1. The number of halogens is 1. The fraction of sp³-hybridized carbons (Fsp3) is 0.333. The van der Waals surface area contributed by atoms with E-state index in [2.05, 4.69) is 5.32 Å². The van der Waals surface area contributed by atoms with Crippen LogP contribution < -0.4 is 5.32 Å². The number of amides is 2. The van der Waals surface area contributed by atoms with Gasteiger partial charge in [0.15, 0.2) is 0 Å². The highest BCUT2D eigenvalue weighted by Gasteiger charge is 2.40. The predicted molar refractivity (Wildman–Crippen MR) is 97.9 cm³/mol. The van der Waals surface area contributed by atoms with E-state index in [1.165, 1.54) is 12.1 Å². The van der Waals surface area contributed by atoms with Crippen LogP contribution in [0.5, 0.6) is 0 Å². The number of carbonyl (C=O) groups is 2. The SMILES string of the molecule is O=C(Nc1cccc(-c2ccc(F)cc2)c1)C1CCCN1C(=O)C1CC1. The Kier molecular flexibility index (Phi) is 4.45. The van der Waals surface area contributed by atoms with Crippen molar-refractivity contribution in [2.45, 2.75) is 31.7 Å². The number of hydrogen-bond donors (Lipinski definition) is 1. The van der Waals surface area contributed by atoms with Crippen LogP contribution in [0.2, 0.25) is 0 Å². The molecular formula is C21H21FN2O2. The Morgan fingerprint density at radius 1 is 1.00 bits per heavy atom. The minimum Gasteiger partial charge on any atom is -0.330 e. The van der Waals surface area contributed by atoms with Crippen LogP contribution in [-0.4, -0.2) is 29.3 Å². The van der Waals surface area contributed by atoms with Gasteiger partial charge in [-0.1, -0.05) is 24.3 Å². The fourth-order valence-electron chi connectivity index (χ4n) is 3.51. The summed E-state index contributed by atoms with van der Waals surface area (Å²) < 4.78 is 13.1. The molecule has 1 atom stereocenters. The third-order valence-corrected chi connectivity index (χ3v) is 5.07. The summed E-state index contributed by atoms with van der Waals surface area (Å²) in [6.45, 7) is 0.670. The summed E-state index contributed by atoms with van der Waals surface area (Å²) in [6, 6.07) is 13.3. The van der Waals surface area contributed by atoms with Crippen molar-refractivity contribution in [1.29, 1.82) is 0 Å². The Balaban J connectivity index is 1.48. The van der Waals surface area contributed by atoms with Crippen LogP contribution in [0.4, 0.5) is 10.1 Å². The molecule has 0 radical (unpaired) electrons. The first-order valence-electron chi connectivity index (χ1n) is 9.09. The molecule has 2 amide bonds. The Labute approximate surface area is 152 Å². The Hall–Kier alpha value is -2.69. The minimum atomic E-state index is -0.377. The monoisotopic (exact) mass is 352 g/mol. The van der Waals surface area contributed by atoms with E-state index in [9.17, 15) is 14.0 Å². The highest BCUT2D eigenvalue weighted by atomic mass is 19.1. The Morgan fingerprint density at radius 3 is 2.50 bits per heavy atom. The molecule has 5 heteroatoms. The molecule has 1 unspecified atom stereocenters. The molecule has 2 aromatic carbocycles. The van der Waals surface area contributed by atoms with Crippen LogP contribution in [0.3, 0.4) is 0 Å². The minimum absolute atomic E-state index is 0.128. The van der Waals surface area contributed by atoms with E-state index in [-0.39, 0.29) is 29.6 Å². The van der Waals surface area contributed by atoms with Gasteiger partial charge in [-0.05, 0) is 61.1 Å². The van der Waals surface area contributed by atoms with E-state index in [0.717, 1.165) is 30.4 Å². The highest BCUT2D eigenvalue weighted by Crippen LogP contribution is 2.34. The molecule has 4 nitrogen and oxygen atoms in total. The number of likely N-dealkylation sites (tertiary alicyclic amines) is 1. The van der Waals surface area contributed by atoms with E-state index in [1.807, 2.05) is 24.3 Å². The quantitative estimate of drug-likeness (QED) is 0.909. The largest absolute Gasteiger partial charge is 0.330 e. The van der Waals surface area contributed by atoms with Crippen LogP contribution in [0, 0.1) is 11.7 Å². The molecule has 1 saturated heterocycles. The lowest BCUT2D eigenvalue weighted by atomic mass is 10.0. The average Bonchev–Trinajstić information content (AvgIpc) is 3.38. The maximum absolute atomic E-state index is 13.1. The van der Waals surface area contributed by atoms with Gasteiger partial charge >= 0.3 is 0 Å². The van der Waals surface area contributed by atoms with Gasteiger partial charge in [-0.3, -0.25) is 9.59 Å². The summed E-state index contributed by atoms with van der Waals surface area (Å²) in [6.07, 6.45) is 3.47. The normalized spacial score (nSPS) is 19.4. The van der Waals surface area contributed by atoms with Crippen molar-refractivity contribution in [1.82, 2.24) is 4.90 Å². The van der Waals surface area contributed by atoms with Gasteiger partial charge in [0, 0.05) is 18.2 Å². The van der Waals surface area contributed by atoms with E-state index >= 15 is 0 Å². The maximum atomic E-state index is 13.1. The summed E-state index contributed by atoms with van der Waals surface area (Å²) in [5, 5.41) is 2.94. The Bertz CT molecular complexity index is 830. The molecule has 26 heavy (non-hydrogen) atoms. The van der Waals surface area contributed by atoms with Crippen molar-refractivity contribution >= 4 is 17.5 Å². The molecule has 134 valence electrons. The number of hydrogen-bond acceptors (Lipinski definition) is 2. The van der Waals surface area contributed by atoms with Gasteiger partial charge in [0.2, 0.25) is 11.8 Å². The topological polar surface area (TPSA) is 49.4 Å². The van der Waals surface area contributed by atoms with Crippen LogP contribution >= 0.6 is 0 Å². The number of carbonyl (C=O) groups excluding carboxylic acids is 2. The molecule has 1 aliphatic carbocycles. The van der Waals surface area contributed by atoms with Gasteiger partial charge < -0.3 is 10.2 Å². The third kappa shape index (κ3) is 3.47. The van der Waals surface area contributed by atoms with E-state index < -0.39 is 0 Å². The zero-order chi connectivity index (χ0) is 18.1. The molecular weight excluding hydrogens is 331 g/mol. The Morgan fingerprint density at radius 2 is 1.77 bits per heavy atom. The zero-order valence-electron chi connectivity index (χ0n) is 14.5. The van der Waals surface area contributed by atoms with Gasteiger partial charge in [0.05, 0.1) is 0 Å². The number of nitrogens with one attached hydrogen (secondary N) is 1. The number of anilines is 1. The lowest BCUT2D eigenvalue weighted by molar-refractivity contribution is -0.137. The molecule has 1 saturated carbocycles. The molecule has 1 N–H and O–H groups in total. The molecule has 0 spiro atoms. The van der Waals surface area contributed by atoms with Gasteiger partial charge in [-0.25, -0.2) is 4.39 Å². The fourth-order valence-corrected chi connectivity index (χ4v) is 3.51. The van der Waals surface area contributed by atoms with Crippen molar-refractivity contribution in [3.05, 3.63) is 54.3 Å². The van der Waals surface area contributed by atoms with Crippen molar-refractivity contribution in [2.75, 3.05) is 11.9 Å². The molecule has 0 aromatic heterocycles. The van der Waals surface area contributed by atoms with Crippen molar-refractivity contribution in [3.8, 4) is 11.1 Å². The van der Waals surface area contributed by atoms with Gasteiger partial charge in [0.1, 0.15) is 11.9 Å². The van der Waals surface area contributed by atoms with Gasteiger partial charge in [0.25, 0.3) is 0 Å². The standard InChI is InChI=1S/C21H21FN2O2/c22-17-10-8-14(9-11-17)16-3-1-4-18(13-16)23-20(25)19-5-2-12-24(19)21(26)15-6-7-15/h1,3-4,8-11,13,15,19H,2,5-7,12H2,(H,23,25).